The van der Waals surface area contributed by atoms with Crippen molar-refractivity contribution in [1.82, 2.24) is 0 Å². The van der Waals surface area contributed by atoms with Gasteiger partial charge in [0.25, 0.3) is 5.91 Å². The summed E-state index contributed by atoms with van der Waals surface area (Å²) in [7, 11) is 0. The Hall–Kier alpha value is -1.66. The molecule has 4 aromatic rings. The standard InChI is InChI=1S/C33H30Cl2I2N2O2S/c1-33(2,3)21-8-13-24-28(16-21)42-32(29(24)31(40)39-23-11-9-22(34)10-12-23)38-17-19-14-26(36)30(27(37)15-19)41-18-20-6-4-5-7-25(20)35/h4-7,9-12,14-15,17,21H,8,13,16,18H2,1-3H3,(H,39,40)/t21-/m1/s1. The van der Waals surface area contributed by atoms with Gasteiger partial charge in [-0.2, -0.15) is 0 Å². The third-order valence-electron chi connectivity index (χ3n) is 7.48. The Kier molecular flexibility index (Phi) is 10.2. The highest BCUT2D eigenvalue weighted by molar-refractivity contribution is 14.1. The highest BCUT2D eigenvalue weighted by Crippen LogP contribution is 2.45. The minimum absolute atomic E-state index is 0.135. The molecule has 0 saturated carbocycles. The van der Waals surface area contributed by atoms with E-state index in [1.807, 2.05) is 54.7 Å². The van der Waals surface area contributed by atoms with Crippen LogP contribution in [0.25, 0.3) is 0 Å². The van der Waals surface area contributed by atoms with Crippen LogP contribution in [-0.2, 0) is 19.4 Å². The van der Waals surface area contributed by atoms with Crippen LogP contribution in [0.1, 0.15) is 59.1 Å². The number of aliphatic imine (C=N–C) groups is 1. The van der Waals surface area contributed by atoms with E-state index in [0.717, 1.165) is 53.8 Å². The highest BCUT2D eigenvalue weighted by atomic mass is 127. The summed E-state index contributed by atoms with van der Waals surface area (Å²) >= 11 is 18.6. The number of thiophene rings is 1. The molecule has 3 aromatic carbocycles. The van der Waals surface area contributed by atoms with Crippen LogP contribution >= 0.6 is 79.7 Å². The van der Waals surface area contributed by atoms with Gasteiger partial charge in [-0.3, -0.25) is 4.79 Å². The maximum Gasteiger partial charge on any atom is 0.259 e. The van der Waals surface area contributed by atoms with Crippen molar-refractivity contribution in [2.24, 2.45) is 16.3 Å². The molecular weight excluding hydrogens is 813 g/mol. The Labute approximate surface area is 288 Å². The third-order valence-corrected chi connectivity index (χ3v) is 10.9. The van der Waals surface area contributed by atoms with Gasteiger partial charge in [-0.25, -0.2) is 4.99 Å². The molecule has 1 aliphatic rings. The average Bonchev–Trinajstić information content (AvgIpc) is 3.31. The van der Waals surface area contributed by atoms with Crippen LogP contribution in [0, 0.1) is 18.5 Å². The molecular formula is C33H30Cl2I2N2O2S. The number of nitrogens with one attached hydrogen (secondary N) is 1. The Morgan fingerprint density at radius 1 is 1.10 bits per heavy atom. The molecule has 1 N–H and O–H groups in total. The van der Waals surface area contributed by atoms with E-state index in [4.69, 9.17) is 32.9 Å². The first-order chi connectivity index (χ1) is 20.0. The molecule has 5 rings (SSSR count). The molecule has 1 aromatic heterocycles. The monoisotopic (exact) mass is 842 g/mol. The van der Waals surface area contributed by atoms with Crippen molar-refractivity contribution in [1.29, 1.82) is 0 Å². The van der Waals surface area contributed by atoms with Crippen LogP contribution in [0.15, 0.2) is 65.7 Å². The van der Waals surface area contributed by atoms with E-state index in [1.165, 1.54) is 4.88 Å². The lowest BCUT2D eigenvalue weighted by Crippen LogP contribution is -2.27. The Bertz CT molecular complexity index is 1620. The summed E-state index contributed by atoms with van der Waals surface area (Å²) < 4.78 is 8.11. The minimum Gasteiger partial charge on any atom is -0.487 e. The van der Waals surface area contributed by atoms with Gasteiger partial charge in [-0.15, -0.1) is 11.3 Å². The number of carbonyl (C=O) groups excluding carboxylic acids is 1. The molecule has 1 atom stereocenters. The second-order valence-corrected chi connectivity index (χ2v) is 15.7. The van der Waals surface area contributed by atoms with Crippen LogP contribution in [0.5, 0.6) is 5.75 Å². The van der Waals surface area contributed by atoms with E-state index < -0.39 is 0 Å². The molecule has 1 amide bonds. The fraction of sp³-hybridized carbons (Fsp3) is 0.273. The van der Waals surface area contributed by atoms with E-state index in [0.29, 0.717) is 33.8 Å². The van der Waals surface area contributed by atoms with Gasteiger partial charge in [0.15, 0.2) is 0 Å². The van der Waals surface area contributed by atoms with Crippen LogP contribution in [0.2, 0.25) is 10.0 Å². The van der Waals surface area contributed by atoms with E-state index in [9.17, 15) is 4.79 Å². The normalized spacial score (nSPS) is 15.1. The number of halogens is 4. The maximum absolute atomic E-state index is 13.7. The molecule has 42 heavy (non-hydrogen) atoms. The number of hydrogen-bond donors (Lipinski definition) is 1. The molecule has 0 unspecified atom stereocenters. The molecule has 0 spiro atoms. The Morgan fingerprint density at radius 2 is 1.79 bits per heavy atom. The molecule has 0 aliphatic heterocycles. The quantitative estimate of drug-likeness (QED) is 0.149. The summed E-state index contributed by atoms with van der Waals surface area (Å²) in [5.74, 6) is 1.24. The molecule has 0 bridgehead atoms. The van der Waals surface area contributed by atoms with E-state index >= 15 is 0 Å². The van der Waals surface area contributed by atoms with E-state index in [2.05, 4.69) is 71.3 Å². The lowest BCUT2D eigenvalue weighted by Gasteiger charge is -2.33. The zero-order valence-corrected chi connectivity index (χ0v) is 30.1. The predicted octanol–water partition coefficient (Wildman–Crippen LogP) is 11.0. The first-order valence-electron chi connectivity index (χ1n) is 13.6. The lowest BCUT2D eigenvalue weighted by molar-refractivity contribution is 0.102. The van der Waals surface area contributed by atoms with Crippen LogP contribution in [0.3, 0.4) is 0 Å². The zero-order valence-electron chi connectivity index (χ0n) is 23.4. The van der Waals surface area contributed by atoms with E-state index in [1.54, 1.807) is 23.5 Å². The van der Waals surface area contributed by atoms with Crippen molar-refractivity contribution in [3.8, 4) is 5.75 Å². The van der Waals surface area contributed by atoms with Crippen molar-refractivity contribution in [3.63, 3.8) is 0 Å². The molecule has 1 heterocycles. The zero-order chi connectivity index (χ0) is 30.0. The molecule has 4 nitrogen and oxygen atoms in total. The summed E-state index contributed by atoms with van der Waals surface area (Å²) in [5, 5.41) is 5.12. The predicted molar refractivity (Wildman–Crippen MR) is 194 cm³/mol. The van der Waals surface area contributed by atoms with Gasteiger partial charge in [-0.05, 0) is 129 Å². The second-order valence-electron chi connectivity index (χ2n) is 11.4. The smallest absolute Gasteiger partial charge is 0.259 e. The van der Waals surface area contributed by atoms with Gasteiger partial charge in [0.2, 0.25) is 0 Å². The molecule has 1 aliphatic carbocycles. The fourth-order valence-corrected chi connectivity index (χ4v) is 8.77. The van der Waals surface area contributed by atoms with Crippen molar-refractivity contribution in [3.05, 3.63) is 105 Å². The molecule has 0 fully saturated rings. The summed E-state index contributed by atoms with van der Waals surface area (Å²) in [6, 6.07) is 19.0. The minimum atomic E-state index is -0.135. The summed E-state index contributed by atoms with van der Waals surface area (Å²) in [5.41, 5.74) is 4.61. The van der Waals surface area contributed by atoms with Gasteiger partial charge < -0.3 is 10.1 Å². The lowest BCUT2D eigenvalue weighted by atomic mass is 9.72. The number of rotatable bonds is 7. The summed E-state index contributed by atoms with van der Waals surface area (Å²) in [4.78, 5) is 19.8. The van der Waals surface area contributed by atoms with Gasteiger partial charge in [0, 0.05) is 32.4 Å². The van der Waals surface area contributed by atoms with Crippen LogP contribution in [0.4, 0.5) is 10.7 Å². The topological polar surface area (TPSA) is 50.7 Å². The van der Waals surface area contributed by atoms with Crippen molar-refractivity contribution >= 4 is 103 Å². The Morgan fingerprint density at radius 3 is 2.45 bits per heavy atom. The number of nitrogens with zero attached hydrogens (tertiary/aromatic N) is 1. The first-order valence-corrected chi connectivity index (χ1v) is 17.3. The third kappa shape index (κ3) is 7.52. The number of carbonyl (C=O) groups is 1. The largest absolute Gasteiger partial charge is 0.487 e. The SMILES string of the molecule is CC(C)(C)[C@@H]1CCc2c(sc(N=Cc3cc(I)c(OCc4ccccc4Cl)c(I)c3)c2C(=O)Nc2ccc(Cl)cc2)C1. The molecule has 218 valence electrons. The van der Waals surface area contributed by atoms with E-state index in [-0.39, 0.29) is 11.3 Å². The molecule has 0 radical (unpaired) electrons. The molecule has 9 heteroatoms. The first kappa shape index (κ1) is 31.8. The number of benzene rings is 3. The fourth-order valence-electron chi connectivity index (χ4n) is 5.05. The summed E-state index contributed by atoms with van der Waals surface area (Å²) in [6.07, 6.45) is 4.75. The summed E-state index contributed by atoms with van der Waals surface area (Å²) in [6.45, 7) is 7.29. The molecule has 0 saturated heterocycles. The maximum atomic E-state index is 13.7. The van der Waals surface area contributed by atoms with Gasteiger partial charge in [-0.1, -0.05) is 62.2 Å². The number of ether oxygens (including phenoxy) is 1. The van der Waals surface area contributed by atoms with Crippen molar-refractivity contribution < 1.29 is 9.53 Å². The van der Waals surface area contributed by atoms with Crippen LogP contribution < -0.4 is 10.1 Å². The van der Waals surface area contributed by atoms with Gasteiger partial charge in [0.1, 0.15) is 17.4 Å². The number of amides is 1. The van der Waals surface area contributed by atoms with Crippen LogP contribution in [-0.4, -0.2) is 12.1 Å². The highest BCUT2D eigenvalue weighted by Gasteiger charge is 2.33. The van der Waals surface area contributed by atoms with Crippen molar-refractivity contribution in [2.45, 2.75) is 46.6 Å². The second kappa shape index (κ2) is 13.5. The van der Waals surface area contributed by atoms with Crippen molar-refractivity contribution in [2.75, 3.05) is 5.32 Å². The number of anilines is 1. The number of hydrogen-bond acceptors (Lipinski definition) is 4. The Balaban J connectivity index is 1.43. The average molecular weight is 843 g/mol. The van der Waals surface area contributed by atoms with Gasteiger partial charge >= 0.3 is 0 Å². The van der Waals surface area contributed by atoms with Gasteiger partial charge in [0.05, 0.1) is 12.7 Å². The number of fused-ring (bicyclic) bond motifs is 1.